The fraction of sp³-hybridized carbons (Fsp3) is 0.222. The van der Waals surface area contributed by atoms with Gasteiger partial charge in [0.25, 0.3) is 0 Å². The van der Waals surface area contributed by atoms with Gasteiger partial charge in [-0.1, -0.05) is 42.5 Å². The third-order valence-corrected chi connectivity index (χ3v) is 3.32. The third-order valence-electron chi connectivity index (χ3n) is 3.32. The summed E-state index contributed by atoms with van der Waals surface area (Å²) in [5.41, 5.74) is 2.39. The second kappa shape index (κ2) is 8.57. The van der Waals surface area contributed by atoms with Crippen LogP contribution < -0.4 is 5.32 Å². The lowest BCUT2D eigenvalue weighted by molar-refractivity contribution is 0.129. The fourth-order valence-electron chi connectivity index (χ4n) is 2.09. The van der Waals surface area contributed by atoms with Crippen molar-refractivity contribution in [3.63, 3.8) is 0 Å². The first-order valence-electron chi connectivity index (χ1n) is 7.28. The van der Waals surface area contributed by atoms with E-state index >= 15 is 0 Å². The van der Waals surface area contributed by atoms with Crippen molar-refractivity contribution in [3.05, 3.63) is 71.3 Å². The average Bonchev–Trinajstić information content (AvgIpc) is 2.61. The molecule has 0 aliphatic carbocycles. The molecule has 2 rings (SSSR count). The Morgan fingerprint density at radius 2 is 1.83 bits per heavy atom. The fourth-order valence-corrected chi connectivity index (χ4v) is 2.09. The van der Waals surface area contributed by atoms with Crippen molar-refractivity contribution >= 4 is 6.09 Å². The van der Waals surface area contributed by atoms with Crippen LogP contribution in [0.15, 0.2) is 54.6 Å². The molecule has 0 aliphatic rings. The predicted octanol–water partition coefficient (Wildman–Crippen LogP) is 2.39. The normalized spacial score (nSPS) is 11.3. The van der Waals surface area contributed by atoms with Gasteiger partial charge in [-0.15, -0.1) is 0 Å². The second-order valence-corrected chi connectivity index (χ2v) is 5.10. The van der Waals surface area contributed by atoms with Crippen molar-refractivity contribution in [2.75, 3.05) is 6.61 Å². The molecule has 0 bridgehead atoms. The van der Waals surface area contributed by atoms with Crippen LogP contribution in [-0.2, 0) is 17.8 Å². The molecule has 0 saturated heterocycles. The van der Waals surface area contributed by atoms with Gasteiger partial charge >= 0.3 is 6.09 Å². The highest BCUT2D eigenvalue weighted by molar-refractivity contribution is 5.67. The van der Waals surface area contributed by atoms with Crippen LogP contribution in [-0.4, -0.2) is 23.8 Å². The Bertz CT molecular complexity index is 663. The van der Waals surface area contributed by atoms with Crippen LogP contribution in [0.5, 0.6) is 0 Å². The standard InChI is InChI=1S/C18H18N2O3/c19-11-15-8-6-14(7-9-15)10-17(12-21)20-18(22)23-13-16-4-2-1-3-5-16/h1-9,17,21H,10,12-13H2,(H,20,22)/t17-/m0/s1. The quantitative estimate of drug-likeness (QED) is 0.858. The summed E-state index contributed by atoms with van der Waals surface area (Å²) in [4.78, 5) is 11.8. The molecule has 2 aromatic rings. The number of nitrogens with zero attached hydrogens (tertiary/aromatic N) is 1. The van der Waals surface area contributed by atoms with E-state index in [1.165, 1.54) is 0 Å². The summed E-state index contributed by atoms with van der Waals surface area (Å²) >= 11 is 0. The minimum Gasteiger partial charge on any atom is -0.445 e. The van der Waals surface area contributed by atoms with Gasteiger partial charge in [-0.2, -0.15) is 5.26 Å². The van der Waals surface area contributed by atoms with Crippen LogP contribution in [0.1, 0.15) is 16.7 Å². The van der Waals surface area contributed by atoms with Crippen LogP contribution in [0.2, 0.25) is 0 Å². The zero-order valence-electron chi connectivity index (χ0n) is 12.6. The van der Waals surface area contributed by atoms with Crippen LogP contribution in [0.4, 0.5) is 4.79 Å². The molecule has 118 valence electrons. The summed E-state index contributed by atoms with van der Waals surface area (Å²) in [6, 6.07) is 18.0. The van der Waals surface area contributed by atoms with Gasteiger partial charge in [0.05, 0.1) is 24.3 Å². The van der Waals surface area contributed by atoms with E-state index in [1.807, 2.05) is 36.4 Å². The smallest absolute Gasteiger partial charge is 0.407 e. The number of rotatable bonds is 6. The lowest BCUT2D eigenvalue weighted by Crippen LogP contribution is -2.39. The number of ether oxygens (including phenoxy) is 1. The molecule has 5 heteroatoms. The Balaban J connectivity index is 1.83. The number of carbonyl (C=O) groups excluding carboxylic acids is 1. The second-order valence-electron chi connectivity index (χ2n) is 5.10. The SMILES string of the molecule is N#Cc1ccc(C[C@@H](CO)NC(=O)OCc2ccccc2)cc1. The van der Waals surface area contributed by atoms with Gasteiger partial charge in [0.2, 0.25) is 0 Å². The summed E-state index contributed by atoms with van der Waals surface area (Å²) in [6.45, 7) is -0.0118. The molecule has 1 amide bonds. The van der Waals surface area contributed by atoms with Crippen molar-refractivity contribution in [1.29, 1.82) is 5.26 Å². The summed E-state index contributed by atoms with van der Waals surface area (Å²) < 4.78 is 5.13. The van der Waals surface area contributed by atoms with E-state index in [9.17, 15) is 9.90 Å². The van der Waals surface area contributed by atoms with E-state index in [1.54, 1.807) is 24.3 Å². The lowest BCUT2D eigenvalue weighted by Gasteiger charge is -2.16. The van der Waals surface area contributed by atoms with E-state index in [0.717, 1.165) is 11.1 Å². The number of alkyl carbamates (subject to hydrolysis) is 1. The molecule has 0 saturated carbocycles. The van der Waals surface area contributed by atoms with Crippen molar-refractivity contribution in [2.24, 2.45) is 0 Å². The number of nitriles is 1. The van der Waals surface area contributed by atoms with E-state index < -0.39 is 12.1 Å². The Morgan fingerprint density at radius 1 is 1.13 bits per heavy atom. The zero-order chi connectivity index (χ0) is 16.5. The maximum atomic E-state index is 11.8. The molecule has 0 aromatic heterocycles. The van der Waals surface area contributed by atoms with Crippen molar-refractivity contribution in [3.8, 4) is 6.07 Å². The maximum absolute atomic E-state index is 11.8. The Labute approximate surface area is 135 Å². The molecule has 2 aromatic carbocycles. The molecule has 0 radical (unpaired) electrons. The van der Waals surface area contributed by atoms with Crippen LogP contribution >= 0.6 is 0 Å². The van der Waals surface area contributed by atoms with Gasteiger partial charge in [-0.25, -0.2) is 4.79 Å². The highest BCUT2D eigenvalue weighted by Gasteiger charge is 2.13. The molecule has 0 aliphatic heterocycles. The number of hydrogen-bond donors (Lipinski definition) is 2. The molecule has 2 N–H and O–H groups in total. The molecule has 0 fully saturated rings. The highest BCUT2D eigenvalue weighted by atomic mass is 16.5. The van der Waals surface area contributed by atoms with Gasteiger partial charge < -0.3 is 15.2 Å². The lowest BCUT2D eigenvalue weighted by atomic mass is 10.1. The molecule has 1 atom stereocenters. The number of nitrogens with one attached hydrogen (secondary N) is 1. The summed E-state index contributed by atoms with van der Waals surface area (Å²) in [5, 5.41) is 20.8. The number of benzene rings is 2. The summed E-state index contributed by atoms with van der Waals surface area (Å²) in [7, 11) is 0. The minimum absolute atomic E-state index is 0.182. The van der Waals surface area contributed by atoms with Crippen molar-refractivity contribution < 1.29 is 14.6 Å². The first kappa shape index (κ1) is 16.5. The predicted molar refractivity (Wildman–Crippen MR) is 85.5 cm³/mol. The van der Waals surface area contributed by atoms with Crippen LogP contribution in [0, 0.1) is 11.3 Å². The van der Waals surface area contributed by atoms with Crippen molar-refractivity contribution in [1.82, 2.24) is 5.32 Å². The monoisotopic (exact) mass is 310 g/mol. The molecule has 0 spiro atoms. The van der Waals surface area contributed by atoms with E-state index in [2.05, 4.69) is 5.32 Å². The minimum atomic E-state index is -0.568. The van der Waals surface area contributed by atoms with E-state index in [-0.39, 0.29) is 13.2 Å². The Kier molecular flexibility index (Phi) is 6.16. The Hall–Kier alpha value is -2.84. The molecule has 0 unspecified atom stereocenters. The topological polar surface area (TPSA) is 82.4 Å². The van der Waals surface area contributed by atoms with E-state index in [0.29, 0.717) is 12.0 Å². The number of amides is 1. The molecule has 23 heavy (non-hydrogen) atoms. The van der Waals surface area contributed by atoms with E-state index in [4.69, 9.17) is 10.00 Å². The van der Waals surface area contributed by atoms with Crippen LogP contribution in [0.3, 0.4) is 0 Å². The maximum Gasteiger partial charge on any atom is 0.407 e. The molecule has 0 heterocycles. The number of carbonyl (C=O) groups is 1. The summed E-state index contributed by atoms with van der Waals surface area (Å²) in [6.07, 6.45) is -0.107. The largest absolute Gasteiger partial charge is 0.445 e. The van der Waals surface area contributed by atoms with Gasteiger partial charge in [0, 0.05) is 0 Å². The molecule has 5 nitrogen and oxygen atoms in total. The van der Waals surface area contributed by atoms with Gasteiger partial charge in [0.1, 0.15) is 6.61 Å². The average molecular weight is 310 g/mol. The van der Waals surface area contributed by atoms with Gasteiger partial charge in [-0.05, 0) is 29.7 Å². The molecular formula is C18H18N2O3. The highest BCUT2D eigenvalue weighted by Crippen LogP contribution is 2.07. The number of aliphatic hydroxyl groups is 1. The Morgan fingerprint density at radius 3 is 2.43 bits per heavy atom. The molecular weight excluding hydrogens is 292 g/mol. The van der Waals surface area contributed by atoms with Gasteiger partial charge in [-0.3, -0.25) is 0 Å². The number of aliphatic hydroxyl groups excluding tert-OH is 1. The number of hydrogen-bond acceptors (Lipinski definition) is 4. The first-order valence-corrected chi connectivity index (χ1v) is 7.28. The van der Waals surface area contributed by atoms with Crippen molar-refractivity contribution in [2.45, 2.75) is 19.1 Å². The summed E-state index contributed by atoms with van der Waals surface area (Å²) in [5.74, 6) is 0. The van der Waals surface area contributed by atoms with Crippen LogP contribution in [0.25, 0.3) is 0 Å². The first-order chi connectivity index (χ1) is 11.2. The zero-order valence-corrected chi connectivity index (χ0v) is 12.6. The van der Waals surface area contributed by atoms with Gasteiger partial charge in [0.15, 0.2) is 0 Å². The third kappa shape index (κ3) is 5.46.